The number of rotatable bonds is 5. The van der Waals surface area contributed by atoms with Crippen LogP contribution in [0.15, 0.2) is 0 Å². The van der Waals surface area contributed by atoms with E-state index in [0.717, 1.165) is 5.75 Å². The largest absolute Gasteiger partial charge is 0.449 e. The molecule has 0 spiro atoms. The van der Waals surface area contributed by atoms with E-state index < -0.39 is 12.0 Å². The van der Waals surface area contributed by atoms with Gasteiger partial charge in [0.2, 0.25) is 0 Å². The second-order valence-electron chi connectivity index (χ2n) is 2.15. The average molecular weight is 188 g/mol. The molecule has 0 rings (SSSR count). The predicted molar refractivity (Wildman–Crippen MR) is 47.5 cm³/mol. The topological polar surface area (TPSA) is 76.1 Å². The molecule has 0 saturated heterocycles. The molecule has 0 radical (unpaired) electrons. The number of hydrogen-bond donors (Lipinski definition) is 1. The van der Waals surface area contributed by atoms with Gasteiger partial charge in [-0.2, -0.15) is 17.0 Å². The molecule has 1 atom stereocenters. The summed E-state index contributed by atoms with van der Waals surface area (Å²) in [6.07, 6.45) is 2.53. The van der Waals surface area contributed by atoms with Crippen molar-refractivity contribution < 1.29 is 9.53 Å². The van der Waals surface area contributed by atoms with Crippen molar-refractivity contribution in [2.24, 2.45) is 5.73 Å². The number of hydrogen-bond acceptors (Lipinski definition) is 5. The van der Waals surface area contributed by atoms with E-state index in [2.05, 4.69) is 4.74 Å². The standard InChI is InChI=1S/C7H12N2O2S/c1-12-5-2-6(9)7(10)11-4-3-8/h6H,2,4-5,9H2,1H3/t6-/m0/s1. The Labute approximate surface area is 76.1 Å². The Morgan fingerprint density at radius 1 is 1.83 bits per heavy atom. The van der Waals surface area contributed by atoms with Crippen molar-refractivity contribution in [1.29, 1.82) is 5.26 Å². The molecule has 0 unspecified atom stereocenters. The summed E-state index contributed by atoms with van der Waals surface area (Å²) >= 11 is 1.62. The van der Waals surface area contributed by atoms with E-state index in [0.29, 0.717) is 6.42 Å². The van der Waals surface area contributed by atoms with Crippen LogP contribution in [0.1, 0.15) is 6.42 Å². The summed E-state index contributed by atoms with van der Waals surface area (Å²) in [6.45, 7) is -0.216. The van der Waals surface area contributed by atoms with Crippen LogP contribution in [0, 0.1) is 11.3 Å². The van der Waals surface area contributed by atoms with Crippen LogP contribution < -0.4 is 5.73 Å². The van der Waals surface area contributed by atoms with E-state index in [9.17, 15) is 4.79 Å². The first-order valence-electron chi connectivity index (χ1n) is 3.50. The van der Waals surface area contributed by atoms with Gasteiger partial charge < -0.3 is 10.5 Å². The first kappa shape index (κ1) is 11.3. The summed E-state index contributed by atoms with van der Waals surface area (Å²) in [5, 5.41) is 8.10. The number of carbonyl (C=O) groups excluding carboxylic acids is 1. The van der Waals surface area contributed by atoms with Crippen LogP contribution in [0.5, 0.6) is 0 Å². The first-order chi connectivity index (χ1) is 5.72. The van der Waals surface area contributed by atoms with Gasteiger partial charge in [-0.05, 0) is 18.4 Å². The Bertz CT molecular complexity index is 179. The SMILES string of the molecule is CSCC[C@H](N)C(=O)OCC#N. The van der Waals surface area contributed by atoms with Gasteiger partial charge in [0, 0.05) is 0 Å². The highest BCUT2D eigenvalue weighted by Crippen LogP contribution is 1.99. The first-order valence-corrected chi connectivity index (χ1v) is 4.90. The lowest BCUT2D eigenvalue weighted by atomic mass is 10.2. The van der Waals surface area contributed by atoms with Crippen LogP contribution in [0.3, 0.4) is 0 Å². The molecular formula is C7H12N2O2S. The van der Waals surface area contributed by atoms with Gasteiger partial charge in [-0.15, -0.1) is 0 Å². The minimum absolute atomic E-state index is 0.216. The van der Waals surface area contributed by atoms with Gasteiger partial charge in [-0.25, -0.2) is 0 Å². The number of carbonyl (C=O) groups is 1. The lowest BCUT2D eigenvalue weighted by molar-refractivity contribution is -0.143. The maximum Gasteiger partial charge on any atom is 0.323 e. The molecule has 0 aliphatic rings. The Balaban J connectivity index is 3.55. The Kier molecular flexibility index (Phi) is 6.53. The third-order valence-corrected chi connectivity index (χ3v) is 1.86. The third-order valence-electron chi connectivity index (χ3n) is 1.21. The van der Waals surface area contributed by atoms with Crippen LogP contribution in [0.2, 0.25) is 0 Å². The molecule has 0 aliphatic carbocycles. The van der Waals surface area contributed by atoms with Crippen LogP contribution in [-0.2, 0) is 9.53 Å². The van der Waals surface area contributed by atoms with Crippen molar-refractivity contribution in [2.75, 3.05) is 18.6 Å². The van der Waals surface area contributed by atoms with Crippen LogP contribution >= 0.6 is 11.8 Å². The van der Waals surface area contributed by atoms with Gasteiger partial charge in [-0.3, -0.25) is 4.79 Å². The number of nitriles is 1. The molecule has 0 aliphatic heterocycles. The number of esters is 1. The molecule has 5 heteroatoms. The van der Waals surface area contributed by atoms with Crippen molar-refractivity contribution in [3.63, 3.8) is 0 Å². The van der Waals surface area contributed by atoms with E-state index in [4.69, 9.17) is 11.0 Å². The number of nitrogens with two attached hydrogens (primary N) is 1. The highest BCUT2D eigenvalue weighted by atomic mass is 32.2. The zero-order chi connectivity index (χ0) is 9.40. The summed E-state index contributed by atoms with van der Waals surface area (Å²) in [4.78, 5) is 10.9. The predicted octanol–water partition coefficient (Wildman–Crippen LogP) is 0.134. The van der Waals surface area contributed by atoms with E-state index in [1.807, 2.05) is 6.26 Å². The van der Waals surface area contributed by atoms with Crippen molar-refractivity contribution in [3.05, 3.63) is 0 Å². The van der Waals surface area contributed by atoms with E-state index in [-0.39, 0.29) is 6.61 Å². The van der Waals surface area contributed by atoms with Gasteiger partial charge >= 0.3 is 5.97 Å². The maximum absolute atomic E-state index is 10.9. The van der Waals surface area contributed by atoms with E-state index >= 15 is 0 Å². The molecule has 0 heterocycles. The second kappa shape index (κ2) is 6.95. The van der Waals surface area contributed by atoms with Gasteiger partial charge in [0.05, 0.1) is 0 Å². The lowest BCUT2D eigenvalue weighted by Crippen LogP contribution is -2.32. The molecule has 0 bridgehead atoms. The molecule has 12 heavy (non-hydrogen) atoms. The lowest BCUT2D eigenvalue weighted by Gasteiger charge is -2.07. The fourth-order valence-corrected chi connectivity index (χ4v) is 1.06. The monoisotopic (exact) mass is 188 g/mol. The molecule has 68 valence electrons. The molecule has 0 fully saturated rings. The van der Waals surface area contributed by atoms with Crippen molar-refractivity contribution in [3.8, 4) is 6.07 Å². The smallest absolute Gasteiger partial charge is 0.323 e. The van der Waals surface area contributed by atoms with E-state index in [1.165, 1.54) is 0 Å². The van der Waals surface area contributed by atoms with Crippen molar-refractivity contribution in [2.45, 2.75) is 12.5 Å². The van der Waals surface area contributed by atoms with Gasteiger partial charge in [-0.1, -0.05) is 0 Å². The van der Waals surface area contributed by atoms with Crippen LogP contribution in [0.25, 0.3) is 0 Å². The minimum atomic E-state index is -0.592. The molecule has 0 aromatic heterocycles. The van der Waals surface area contributed by atoms with Gasteiger partial charge in [0.1, 0.15) is 12.1 Å². The van der Waals surface area contributed by atoms with Crippen LogP contribution in [-0.4, -0.2) is 30.6 Å². The summed E-state index contributed by atoms with van der Waals surface area (Å²) in [6, 6.07) is 1.11. The van der Waals surface area contributed by atoms with E-state index in [1.54, 1.807) is 17.8 Å². The molecular weight excluding hydrogens is 176 g/mol. The molecule has 4 nitrogen and oxygen atoms in total. The summed E-state index contributed by atoms with van der Waals surface area (Å²) in [5.74, 6) is 0.327. The molecule has 0 saturated carbocycles. The fourth-order valence-electron chi connectivity index (χ4n) is 0.573. The molecule has 0 amide bonds. The molecule has 0 aromatic carbocycles. The molecule has 2 N–H and O–H groups in total. The fraction of sp³-hybridized carbons (Fsp3) is 0.714. The number of nitrogens with zero attached hydrogens (tertiary/aromatic N) is 1. The normalized spacial score (nSPS) is 11.8. The highest BCUT2D eigenvalue weighted by molar-refractivity contribution is 7.98. The van der Waals surface area contributed by atoms with Crippen LogP contribution in [0.4, 0.5) is 0 Å². The quantitative estimate of drug-likeness (QED) is 0.621. The van der Waals surface area contributed by atoms with Gasteiger partial charge in [0.25, 0.3) is 0 Å². The Hall–Kier alpha value is -0.730. The highest BCUT2D eigenvalue weighted by Gasteiger charge is 2.13. The van der Waals surface area contributed by atoms with Gasteiger partial charge in [0.15, 0.2) is 6.61 Å². The van der Waals surface area contributed by atoms with Crippen molar-refractivity contribution >= 4 is 17.7 Å². The number of ether oxygens (including phenoxy) is 1. The third kappa shape index (κ3) is 4.99. The zero-order valence-electron chi connectivity index (χ0n) is 6.95. The summed E-state index contributed by atoms with van der Waals surface area (Å²) < 4.78 is 4.52. The number of thioether (sulfide) groups is 1. The van der Waals surface area contributed by atoms with Crippen molar-refractivity contribution in [1.82, 2.24) is 0 Å². The Morgan fingerprint density at radius 2 is 2.50 bits per heavy atom. The Morgan fingerprint density at radius 3 is 3.00 bits per heavy atom. The summed E-state index contributed by atoms with van der Waals surface area (Å²) in [7, 11) is 0. The minimum Gasteiger partial charge on any atom is -0.449 e. The zero-order valence-corrected chi connectivity index (χ0v) is 7.76. The molecule has 0 aromatic rings. The second-order valence-corrected chi connectivity index (χ2v) is 3.14. The maximum atomic E-state index is 10.9. The summed E-state index contributed by atoms with van der Waals surface area (Å²) in [5.41, 5.74) is 5.45. The average Bonchev–Trinajstić information content (AvgIpc) is 2.10.